The minimum Gasteiger partial charge on any atom is -0.488 e. The third kappa shape index (κ3) is 3.60. The summed E-state index contributed by atoms with van der Waals surface area (Å²) in [4.78, 5) is 8.22. The third-order valence-corrected chi connectivity index (χ3v) is 4.27. The SMILES string of the molecule is Clc1cncc(OCC2=C(c3cccnc3Cl)CCCC2)c1. The number of halogens is 2. The van der Waals surface area contributed by atoms with E-state index in [-0.39, 0.29) is 0 Å². The van der Waals surface area contributed by atoms with Gasteiger partial charge in [-0.05, 0) is 42.9 Å². The number of rotatable bonds is 4. The predicted octanol–water partition coefficient (Wildman–Crippen LogP) is 5.19. The minimum atomic E-state index is 0.530. The standard InChI is InChI=1S/C17H16Cl2N2O/c18-13-8-14(10-20-9-13)22-11-12-4-1-2-5-15(12)16-6-3-7-21-17(16)19/h3,6-10H,1-2,4-5,11H2. The largest absolute Gasteiger partial charge is 0.488 e. The van der Waals surface area contributed by atoms with Crippen molar-refractivity contribution in [3.63, 3.8) is 0 Å². The van der Waals surface area contributed by atoms with Gasteiger partial charge < -0.3 is 4.74 Å². The number of pyridine rings is 2. The Labute approximate surface area is 140 Å². The van der Waals surface area contributed by atoms with Crippen molar-refractivity contribution in [2.24, 2.45) is 0 Å². The molecule has 5 heteroatoms. The molecule has 0 saturated carbocycles. The molecule has 0 aliphatic heterocycles. The second kappa shape index (κ2) is 7.12. The summed E-state index contributed by atoms with van der Waals surface area (Å²) in [6.07, 6.45) is 9.35. The average Bonchev–Trinajstić information content (AvgIpc) is 2.54. The minimum absolute atomic E-state index is 0.530. The van der Waals surface area contributed by atoms with Crippen LogP contribution in [-0.2, 0) is 0 Å². The zero-order valence-electron chi connectivity index (χ0n) is 12.1. The highest BCUT2D eigenvalue weighted by Gasteiger charge is 2.17. The second-order valence-electron chi connectivity index (χ2n) is 5.26. The molecule has 1 aliphatic rings. The molecule has 2 heterocycles. The highest BCUT2D eigenvalue weighted by Crippen LogP contribution is 2.35. The summed E-state index contributed by atoms with van der Waals surface area (Å²) in [6, 6.07) is 5.72. The molecule has 0 atom stereocenters. The van der Waals surface area contributed by atoms with Gasteiger partial charge in [-0.2, -0.15) is 0 Å². The van der Waals surface area contributed by atoms with E-state index in [9.17, 15) is 0 Å². The first kappa shape index (κ1) is 15.3. The van der Waals surface area contributed by atoms with E-state index >= 15 is 0 Å². The van der Waals surface area contributed by atoms with E-state index in [0.29, 0.717) is 22.5 Å². The van der Waals surface area contributed by atoms with E-state index in [2.05, 4.69) is 9.97 Å². The van der Waals surface area contributed by atoms with Crippen LogP contribution >= 0.6 is 23.2 Å². The maximum Gasteiger partial charge on any atom is 0.139 e. The highest BCUT2D eigenvalue weighted by molar-refractivity contribution is 6.31. The Balaban J connectivity index is 1.84. The van der Waals surface area contributed by atoms with Crippen molar-refractivity contribution < 1.29 is 4.74 Å². The van der Waals surface area contributed by atoms with Crippen LogP contribution in [0.15, 0.2) is 42.4 Å². The topological polar surface area (TPSA) is 35.0 Å². The Morgan fingerprint density at radius 1 is 1.14 bits per heavy atom. The van der Waals surface area contributed by atoms with Crippen LogP contribution in [-0.4, -0.2) is 16.6 Å². The summed E-state index contributed by atoms with van der Waals surface area (Å²) in [7, 11) is 0. The van der Waals surface area contributed by atoms with E-state index in [4.69, 9.17) is 27.9 Å². The van der Waals surface area contributed by atoms with Gasteiger partial charge in [0.25, 0.3) is 0 Å². The zero-order chi connectivity index (χ0) is 15.4. The van der Waals surface area contributed by atoms with Gasteiger partial charge in [0.1, 0.15) is 17.5 Å². The number of nitrogens with zero attached hydrogens (tertiary/aromatic N) is 2. The molecule has 0 fully saturated rings. The molecule has 0 saturated heterocycles. The van der Waals surface area contributed by atoms with Crippen molar-refractivity contribution >= 4 is 28.8 Å². The fourth-order valence-electron chi connectivity index (χ4n) is 2.71. The van der Waals surface area contributed by atoms with Crippen molar-refractivity contribution in [2.75, 3.05) is 6.61 Å². The molecule has 0 aromatic carbocycles. The Kier molecular flexibility index (Phi) is 4.96. The predicted molar refractivity (Wildman–Crippen MR) is 89.4 cm³/mol. The normalized spacial score (nSPS) is 15.0. The molecular formula is C17H16Cl2N2O. The van der Waals surface area contributed by atoms with E-state index < -0.39 is 0 Å². The molecule has 3 rings (SSSR count). The number of aromatic nitrogens is 2. The van der Waals surface area contributed by atoms with Crippen LogP contribution in [0.2, 0.25) is 10.2 Å². The first-order valence-corrected chi connectivity index (χ1v) is 8.05. The third-order valence-electron chi connectivity index (χ3n) is 3.76. The molecule has 0 unspecified atom stereocenters. The van der Waals surface area contributed by atoms with Gasteiger partial charge in [0.2, 0.25) is 0 Å². The maximum atomic E-state index is 6.25. The molecular weight excluding hydrogens is 319 g/mol. The summed E-state index contributed by atoms with van der Waals surface area (Å²) < 4.78 is 5.85. The van der Waals surface area contributed by atoms with E-state index in [1.54, 1.807) is 24.7 Å². The lowest BCUT2D eigenvalue weighted by Crippen LogP contribution is -2.09. The number of hydrogen-bond donors (Lipinski definition) is 0. The van der Waals surface area contributed by atoms with Gasteiger partial charge in [-0.15, -0.1) is 0 Å². The Bertz CT molecular complexity index is 701. The lowest BCUT2D eigenvalue weighted by Gasteiger charge is -2.21. The van der Waals surface area contributed by atoms with Gasteiger partial charge in [0, 0.05) is 24.0 Å². The Hall–Kier alpha value is -1.58. The van der Waals surface area contributed by atoms with Gasteiger partial charge in [0.05, 0.1) is 11.2 Å². The number of hydrogen-bond acceptors (Lipinski definition) is 3. The Morgan fingerprint density at radius 2 is 2.00 bits per heavy atom. The molecule has 114 valence electrons. The van der Waals surface area contributed by atoms with Crippen LogP contribution in [0.25, 0.3) is 5.57 Å². The van der Waals surface area contributed by atoms with Gasteiger partial charge in [-0.25, -0.2) is 4.98 Å². The van der Waals surface area contributed by atoms with Crippen molar-refractivity contribution in [2.45, 2.75) is 25.7 Å². The van der Waals surface area contributed by atoms with Gasteiger partial charge in [0.15, 0.2) is 0 Å². The second-order valence-corrected chi connectivity index (χ2v) is 6.05. The van der Waals surface area contributed by atoms with E-state index in [1.807, 2.05) is 12.1 Å². The van der Waals surface area contributed by atoms with Crippen LogP contribution in [0.1, 0.15) is 31.2 Å². The smallest absolute Gasteiger partial charge is 0.139 e. The summed E-state index contributed by atoms with van der Waals surface area (Å²) in [5.74, 6) is 0.683. The van der Waals surface area contributed by atoms with Crippen LogP contribution in [0.4, 0.5) is 0 Å². The highest BCUT2D eigenvalue weighted by atomic mass is 35.5. The Morgan fingerprint density at radius 3 is 2.82 bits per heavy atom. The summed E-state index contributed by atoms with van der Waals surface area (Å²) in [5.41, 5.74) is 3.56. The number of allylic oxidation sites excluding steroid dienone is 1. The monoisotopic (exact) mass is 334 g/mol. The molecule has 0 radical (unpaired) electrons. The molecule has 3 nitrogen and oxygen atoms in total. The lowest BCUT2D eigenvalue weighted by molar-refractivity contribution is 0.343. The van der Waals surface area contributed by atoms with Gasteiger partial charge >= 0.3 is 0 Å². The fraction of sp³-hybridized carbons (Fsp3) is 0.294. The van der Waals surface area contributed by atoms with Gasteiger partial charge in [-0.1, -0.05) is 29.3 Å². The first-order valence-electron chi connectivity index (χ1n) is 7.29. The number of ether oxygens (including phenoxy) is 1. The maximum absolute atomic E-state index is 6.25. The van der Waals surface area contributed by atoms with Crippen molar-refractivity contribution in [1.29, 1.82) is 0 Å². The van der Waals surface area contributed by atoms with Crippen molar-refractivity contribution in [3.8, 4) is 5.75 Å². The molecule has 0 amide bonds. The van der Waals surface area contributed by atoms with Gasteiger partial charge in [-0.3, -0.25) is 4.98 Å². The van der Waals surface area contributed by atoms with Crippen LogP contribution in [0.5, 0.6) is 5.75 Å². The van der Waals surface area contributed by atoms with Crippen LogP contribution < -0.4 is 4.74 Å². The molecule has 1 aliphatic carbocycles. The summed E-state index contributed by atoms with van der Waals surface area (Å²) in [5, 5.41) is 1.13. The molecule has 2 aromatic heterocycles. The molecule has 0 bridgehead atoms. The van der Waals surface area contributed by atoms with Crippen LogP contribution in [0, 0.1) is 0 Å². The molecule has 22 heavy (non-hydrogen) atoms. The molecule has 2 aromatic rings. The molecule has 0 spiro atoms. The zero-order valence-corrected chi connectivity index (χ0v) is 13.6. The lowest BCUT2D eigenvalue weighted by atomic mass is 9.88. The van der Waals surface area contributed by atoms with Crippen molar-refractivity contribution in [1.82, 2.24) is 9.97 Å². The average molecular weight is 335 g/mol. The van der Waals surface area contributed by atoms with Crippen molar-refractivity contribution in [3.05, 3.63) is 58.1 Å². The summed E-state index contributed by atoms with van der Waals surface area (Å²) in [6.45, 7) is 0.530. The quantitative estimate of drug-likeness (QED) is 0.721. The first-order chi connectivity index (χ1) is 10.7. The van der Waals surface area contributed by atoms with E-state index in [0.717, 1.165) is 18.4 Å². The fourth-order valence-corrected chi connectivity index (χ4v) is 3.10. The van der Waals surface area contributed by atoms with E-state index in [1.165, 1.54) is 24.0 Å². The summed E-state index contributed by atoms with van der Waals surface area (Å²) >= 11 is 12.2. The van der Waals surface area contributed by atoms with Crippen LogP contribution in [0.3, 0.4) is 0 Å². The molecule has 0 N–H and O–H groups in total.